The van der Waals surface area contributed by atoms with Crippen LogP contribution in [-0.4, -0.2) is 52.2 Å². The van der Waals surface area contributed by atoms with Crippen molar-refractivity contribution in [3.05, 3.63) is 72.1 Å². The topological polar surface area (TPSA) is 91.9 Å². The third kappa shape index (κ3) is 4.12. The summed E-state index contributed by atoms with van der Waals surface area (Å²) in [7, 11) is -1.57. The van der Waals surface area contributed by atoms with Crippen LogP contribution >= 0.6 is 0 Å². The Morgan fingerprint density at radius 2 is 1.81 bits per heavy atom. The molecular formula is C28H29N5O3S. The van der Waals surface area contributed by atoms with E-state index in [4.69, 9.17) is 14.7 Å². The highest BCUT2D eigenvalue weighted by molar-refractivity contribution is 7.90. The van der Waals surface area contributed by atoms with Crippen LogP contribution in [-0.2, 0) is 21.6 Å². The number of benzene rings is 1. The van der Waals surface area contributed by atoms with Crippen LogP contribution in [0.1, 0.15) is 30.0 Å². The lowest BCUT2D eigenvalue weighted by Gasteiger charge is -2.32. The Labute approximate surface area is 215 Å². The zero-order valence-corrected chi connectivity index (χ0v) is 21.9. The van der Waals surface area contributed by atoms with Crippen molar-refractivity contribution in [1.82, 2.24) is 24.3 Å². The summed E-state index contributed by atoms with van der Waals surface area (Å²) in [4.78, 5) is 9.64. The Morgan fingerprint density at radius 1 is 1.05 bits per heavy atom. The van der Waals surface area contributed by atoms with Crippen molar-refractivity contribution in [2.24, 2.45) is 13.0 Å². The number of fused-ring (bicyclic) bond motifs is 3. The van der Waals surface area contributed by atoms with Crippen molar-refractivity contribution in [2.45, 2.75) is 30.8 Å². The van der Waals surface area contributed by atoms with Gasteiger partial charge in [0.25, 0.3) is 0 Å². The zero-order chi connectivity index (χ0) is 25.7. The van der Waals surface area contributed by atoms with E-state index >= 15 is 0 Å². The molecule has 0 unspecified atom stereocenters. The number of sulfone groups is 1. The second-order valence-corrected chi connectivity index (χ2v) is 11.8. The Kier molecular flexibility index (Phi) is 5.84. The molecule has 37 heavy (non-hydrogen) atoms. The highest BCUT2D eigenvalue weighted by Crippen LogP contribution is 2.41. The fraction of sp³-hybridized carbons (Fsp3) is 0.321. The van der Waals surface area contributed by atoms with Gasteiger partial charge in [-0.2, -0.15) is 5.10 Å². The maximum absolute atomic E-state index is 12.5. The Balaban J connectivity index is 1.71. The largest absolute Gasteiger partial charge is 0.381 e. The van der Waals surface area contributed by atoms with Crippen LogP contribution in [0.15, 0.2) is 66.0 Å². The first-order valence-electron chi connectivity index (χ1n) is 12.5. The van der Waals surface area contributed by atoms with E-state index in [-0.39, 0.29) is 11.1 Å². The third-order valence-corrected chi connectivity index (χ3v) is 8.35. The fourth-order valence-corrected chi connectivity index (χ4v) is 6.22. The van der Waals surface area contributed by atoms with Gasteiger partial charge in [-0.25, -0.2) is 13.4 Å². The van der Waals surface area contributed by atoms with Gasteiger partial charge < -0.3 is 9.30 Å². The molecule has 1 saturated heterocycles. The van der Waals surface area contributed by atoms with Crippen LogP contribution < -0.4 is 0 Å². The summed E-state index contributed by atoms with van der Waals surface area (Å²) in [5.41, 5.74) is 6.53. The first-order chi connectivity index (χ1) is 17.8. The van der Waals surface area contributed by atoms with Gasteiger partial charge in [0.05, 0.1) is 29.0 Å². The number of ether oxygens (including phenoxy) is 1. The SMILES string of the molecule is Cc1cnn(C)c1-c1cnc2c3ccc(S(C)(=O)=O)nc3n([C@H](c3ccccc3)C3CCOCC3)c2c1. The maximum Gasteiger partial charge on any atom is 0.192 e. The predicted octanol–water partition coefficient (Wildman–Crippen LogP) is 4.71. The van der Waals surface area contributed by atoms with Gasteiger partial charge in [0.1, 0.15) is 5.65 Å². The summed E-state index contributed by atoms with van der Waals surface area (Å²) >= 11 is 0. The van der Waals surface area contributed by atoms with Crippen LogP contribution in [0.5, 0.6) is 0 Å². The van der Waals surface area contributed by atoms with Gasteiger partial charge in [-0.1, -0.05) is 30.3 Å². The summed E-state index contributed by atoms with van der Waals surface area (Å²) in [6.45, 7) is 3.44. The molecule has 6 rings (SSSR count). The summed E-state index contributed by atoms with van der Waals surface area (Å²) < 4.78 is 34.8. The van der Waals surface area contributed by atoms with Gasteiger partial charge in [0, 0.05) is 43.7 Å². The minimum atomic E-state index is -3.49. The Morgan fingerprint density at radius 3 is 2.49 bits per heavy atom. The number of aryl methyl sites for hydroxylation is 2. The van der Waals surface area contributed by atoms with E-state index in [0.29, 0.717) is 24.8 Å². The number of hydrogen-bond acceptors (Lipinski definition) is 6. The van der Waals surface area contributed by atoms with Crippen molar-refractivity contribution >= 4 is 31.9 Å². The molecule has 1 atom stereocenters. The Bertz CT molecular complexity index is 1700. The summed E-state index contributed by atoms with van der Waals surface area (Å²) in [6.07, 6.45) is 6.72. The molecule has 1 aliphatic heterocycles. The van der Waals surface area contributed by atoms with Crippen molar-refractivity contribution < 1.29 is 13.2 Å². The lowest BCUT2D eigenvalue weighted by atomic mass is 9.86. The summed E-state index contributed by atoms with van der Waals surface area (Å²) in [6, 6.07) is 15.9. The number of hydrogen-bond donors (Lipinski definition) is 0. The van der Waals surface area contributed by atoms with Crippen molar-refractivity contribution in [3.63, 3.8) is 0 Å². The Hall–Kier alpha value is -3.56. The van der Waals surface area contributed by atoms with Crippen LogP contribution in [0.25, 0.3) is 33.3 Å². The van der Waals surface area contributed by atoms with Gasteiger partial charge in [-0.3, -0.25) is 9.67 Å². The van der Waals surface area contributed by atoms with E-state index in [1.807, 2.05) is 55.3 Å². The normalized spacial score (nSPS) is 16.0. The third-order valence-electron chi connectivity index (χ3n) is 7.37. The van der Waals surface area contributed by atoms with Crippen molar-refractivity contribution in [2.75, 3.05) is 19.5 Å². The zero-order valence-electron chi connectivity index (χ0n) is 21.1. The van der Waals surface area contributed by atoms with Crippen LogP contribution in [0.2, 0.25) is 0 Å². The number of aromatic nitrogens is 5. The van der Waals surface area contributed by atoms with Crippen LogP contribution in [0.4, 0.5) is 0 Å². The van der Waals surface area contributed by atoms with Crippen LogP contribution in [0, 0.1) is 12.8 Å². The lowest BCUT2D eigenvalue weighted by Crippen LogP contribution is -2.27. The summed E-state index contributed by atoms with van der Waals surface area (Å²) in [5.74, 6) is 0.292. The van der Waals surface area contributed by atoms with Gasteiger partial charge in [0.15, 0.2) is 14.9 Å². The van der Waals surface area contributed by atoms with E-state index in [9.17, 15) is 8.42 Å². The average Bonchev–Trinajstić information content (AvgIpc) is 3.40. The molecule has 0 radical (unpaired) electrons. The first kappa shape index (κ1) is 23.8. The minimum absolute atomic E-state index is 0.0582. The second kappa shape index (κ2) is 9.08. The maximum atomic E-state index is 12.5. The molecule has 0 aliphatic carbocycles. The number of pyridine rings is 2. The molecule has 0 amide bonds. The standard InChI is InChI=1S/C28H29N5O3S/c1-18-16-30-32(2)26(18)21-15-23-25(29-17-21)22-9-10-24(37(3,34)35)31-28(22)33(23)27(19-7-5-4-6-8-19)20-11-13-36-14-12-20/h4-10,15-17,20,27H,11-14H2,1-3H3/t27-/m1/s1. The molecular weight excluding hydrogens is 486 g/mol. The smallest absolute Gasteiger partial charge is 0.192 e. The molecule has 9 heteroatoms. The number of nitrogens with zero attached hydrogens (tertiary/aromatic N) is 5. The van der Waals surface area contributed by atoms with Gasteiger partial charge >= 0.3 is 0 Å². The summed E-state index contributed by atoms with van der Waals surface area (Å²) in [5, 5.41) is 5.32. The van der Waals surface area contributed by atoms with E-state index < -0.39 is 9.84 Å². The highest BCUT2D eigenvalue weighted by atomic mass is 32.2. The molecule has 0 bridgehead atoms. The molecule has 1 fully saturated rings. The van der Waals surface area contributed by atoms with Crippen molar-refractivity contribution in [1.29, 1.82) is 0 Å². The first-order valence-corrected chi connectivity index (χ1v) is 14.3. The second-order valence-electron chi connectivity index (χ2n) is 9.86. The van der Waals surface area contributed by atoms with E-state index in [1.54, 1.807) is 6.07 Å². The molecule has 190 valence electrons. The predicted molar refractivity (Wildman–Crippen MR) is 143 cm³/mol. The fourth-order valence-electron chi connectivity index (χ4n) is 5.65. The van der Waals surface area contributed by atoms with Gasteiger partial charge in [-0.15, -0.1) is 0 Å². The van der Waals surface area contributed by atoms with E-state index in [1.165, 1.54) is 6.26 Å². The van der Waals surface area contributed by atoms with Gasteiger partial charge in [0.2, 0.25) is 0 Å². The van der Waals surface area contributed by atoms with Crippen molar-refractivity contribution in [3.8, 4) is 11.3 Å². The van der Waals surface area contributed by atoms with Gasteiger partial charge in [-0.05, 0) is 55.0 Å². The molecule has 0 saturated carbocycles. The molecule has 1 aromatic carbocycles. The molecule has 5 aromatic rings. The van der Waals surface area contributed by atoms with E-state index in [0.717, 1.165) is 51.6 Å². The molecule has 4 aromatic heterocycles. The quantitative estimate of drug-likeness (QED) is 0.337. The molecule has 5 heterocycles. The highest BCUT2D eigenvalue weighted by Gasteiger charge is 2.31. The lowest BCUT2D eigenvalue weighted by molar-refractivity contribution is 0.0552. The molecule has 0 N–H and O–H groups in total. The van der Waals surface area contributed by atoms with Crippen LogP contribution in [0.3, 0.4) is 0 Å². The molecule has 1 aliphatic rings. The monoisotopic (exact) mass is 515 g/mol. The number of rotatable bonds is 5. The average molecular weight is 516 g/mol. The van der Waals surface area contributed by atoms with E-state index in [2.05, 4.69) is 27.9 Å². The minimum Gasteiger partial charge on any atom is -0.381 e. The molecule has 8 nitrogen and oxygen atoms in total. The molecule has 0 spiro atoms.